The molecule has 2 N–H and O–H groups in total. The van der Waals surface area contributed by atoms with Crippen LogP contribution in [0.25, 0.3) is 0 Å². The Morgan fingerprint density at radius 3 is 2.32 bits per heavy atom. The lowest BCUT2D eigenvalue weighted by atomic mass is 9.91. The molecule has 1 heterocycles. The van der Waals surface area contributed by atoms with Crippen LogP contribution in [0.2, 0.25) is 0 Å². The predicted molar refractivity (Wildman–Crippen MR) is 77.3 cm³/mol. The Labute approximate surface area is 128 Å². The maximum Gasteiger partial charge on any atom is 0.335 e. The molecule has 7 nitrogen and oxygen atoms in total. The summed E-state index contributed by atoms with van der Waals surface area (Å²) in [5.74, 6) is -0.733. The van der Waals surface area contributed by atoms with Crippen LogP contribution in [0.4, 0.5) is 0 Å². The number of ether oxygens (including phenoxy) is 2. The number of para-hydroxylation sites is 1. The molecule has 1 aromatic rings. The summed E-state index contributed by atoms with van der Waals surface area (Å²) >= 11 is 0. The fourth-order valence-corrected chi connectivity index (χ4v) is 2.52. The predicted octanol–water partition coefficient (Wildman–Crippen LogP) is 0.755. The number of likely N-dealkylation sites (tertiary alicyclic amines) is 1. The van der Waals surface area contributed by atoms with Gasteiger partial charge < -0.3 is 24.6 Å². The zero-order chi connectivity index (χ0) is 16.3. The lowest BCUT2D eigenvalue weighted by molar-refractivity contribution is -0.162. The molecule has 1 saturated heterocycles. The van der Waals surface area contributed by atoms with Gasteiger partial charge in [-0.15, -0.1) is 0 Å². The van der Waals surface area contributed by atoms with Crippen LogP contribution in [-0.2, 0) is 4.79 Å². The first-order chi connectivity index (χ1) is 10.4. The van der Waals surface area contributed by atoms with Crippen LogP contribution < -0.4 is 9.47 Å². The molecular formula is C15H19NO6. The molecule has 1 amide bonds. The van der Waals surface area contributed by atoms with E-state index in [2.05, 4.69) is 0 Å². The Morgan fingerprint density at radius 2 is 1.82 bits per heavy atom. The van der Waals surface area contributed by atoms with E-state index in [9.17, 15) is 14.7 Å². The second-order valence-corrected chi connectivity index (χ2v) is 5.17. The summed E-state index contributed by atoms with van der Waals surface area (Å²) in [5.41, 5.74) is -1.41. The number of rotatable bonds is 4. The number of aliphatic carboxylic acids is 1. The third-order valence-corrected chi connectivity index (χ3v) is 3.91. The van der Waals surface area contributed by atoms with Crippen LogP contribution in [0, 0.1) is 0 Å². The van der Waals surface area contributed by atoms with Crippen molar-refractivity contribution in [2.75, 3.05) is 27.3 Å². The van der Waals surface area contributed by atoms with E-state index in [1.807, 2.05) is 0 Å². The molecule has 7 heteroatoms. The van der Waals surface area contributed by atoms with E-state index in [0.29, 0.717) is 17.1 Å². The Hall–Kier alpha value is -2.28. The summed E-state index contributed by atoms with van der Waals surface area (Å²) in [5, 5.41) is 18.9. The average molecular weight is 309 g/mol. The highest BCUT2D eigenvalue weighted by Gasteiger charge is 2.40. The smallest absolute Gasteiger partial charge is 0.335 e. The molecule has 2 rings (SSSR count). The molecule has 0 atom stereocenters. The number of carboxylic acid groups (broad SMARTS) is 1. The summed E-state index contributed by atoms with van der Waals surface area (Å²) in [7, 11) is 2.94. The topological polar surface area (TPSA) is 96.3 Å². The Bertz CT molecular complexity index is 577. The number of carboxylic acids is 1. The van der Waals surface area contributed by atoms with E-state index in [0.717, 1.165) is 0 Å². The number of carbonyl (C=O) groups excluding carboxylic acids is 1. The van der Waals surface area contributed by atoms with Crippen molar-refractivity contribution in [1.29, 1.82) is 0 Å². The van der Waals surface area contributed by atoms with Gasteiger partial charge in [-0.05, 0) is 12.1 Å². The minimum Gasteiger partial charge on any atom is -0.493 e. The number of hydrogen-bond donors (Lipinski definition) is 2. The second-order valence-electron chi connectivity index (χ2n) is 5.17. The molecule has 22 heavy (non-hydrogen) atoms. The highest BCUT2D eigenvalue weighted by molar-refractivity contribution is 5.98. The fourth-order valence-electron chi connectivity index (χ4n) is 2.52. The van der Waals surface area contributed by atoms with Gasteiger partial charge in [0.25, 0.3) is 5.91 Å². The van der Waals surface area contributed by atoms with Gasteiger partial charge in [0.05, 0.1) is 19.8 Å². The van der Waals surface area contributed by atoms with Crippen LogP contribution in [0.1, 0.15) is 23.2 Å². The van der Waals surface area contributed by atoms with Crippen molar-refractivity contribution in [2.45, 2.75) is 18.4 Å². The van der Waals surface area contributed by atoms with Crippen LogP contribution in [-0.4, -0.2) is 59.9 Å². The molecule has 0 unspecified atom stereocenters. The average Bonchev–Trinajstić information content (AvgIpc) is 2.53. The third kappa shape index (κ3) is 2.85. The molecule has 0 bridgehead atoms. The summed E-state index contributed by atoms with van der Waals surface area (Å²) < 4.78 is 10.4. The molecule has 0 radical (unpaired) electrons. The van der Waals surface area contributed by atoms with Crippen LogP contribution in [0.3, 0.4) is 0 Å². The van der Waals surface area contributed by atoms with Crippen molar-refractivity contribution in [3.05, 3.63) is 23.8 Å². The monoisotopic (exact) mass is 309 g/mol. The molecule has 0 aliphatic carbocycles. The largest absolute Gasteiger partial charge is 0.493 e. The Morgan fingerprint density at radius 1 is 1.18 bits per heavy atom. The Balaban J connectivity index is 2.19. The summed E-state index contributed by atoms with van der Waals surface area (Å²) in [6.07, 6.45) is 0.000709. The van der Waals surface area contributed by atoms with Gasteiger partial charge in [0.2, 0.25) is 0 Å². The van der Waals surface area contributed by atoms with Gasteiger partial charge in [-0.2, -0.15) is 0 Å². The first-order valence-corrected chi connectivity index (χ1v) is 6.89. The number of piperidine rings is 1. The lowest BCUT2D eigenvalue weighted by Gasteiger charge is -2.35. The second kappa shape index (κ2) is 6.23. The van der Waals surface area contributed by atoms with E-state index >= 15 is 0 Å². The Kier molecular flexibility index (Phi) is 4.56. The molecule has 120 valence electrons. The van der Waals surface area contributed by atoms with Gasteiger partial charge in [-0.1, -0.05) is 6.07 Å². The molecule has 1 aliphatic rings. The molecule has 0 spiro atoms. The maximum atomic E-state index is 12.6. The highest BCUT2D eigenvalue weighted by atomic mass is 16.5. The molecular weight excluding hydrogens is 290 g/mol. The quantitative estimate of drug-likeness (QED) is 0.852. The number of methoxy groups -OCH3 is 2. The lowest BCUT2D eigenvalue weighted by Crippen LogP contribution is -2.50. The van der Waals surface area contributed by atoms with E-state index in [1.54, 1.807) is 18.2 Å². The van der Waals surface area contributed by atoms with Crippen molar-refractivity contribution in [1.82, 2.24) is 4.90 Å². The van der Waals surface area contributed by atoms with Crippen molar-refractivity contribution >= 4 is 11.9 Å². The first-order valence-electron chi connectivity index (χ1n) is 6.89. The van der Waals surface area contributed by atoms with Crippen molar-refractivity contribution < 1.29 is 29.3 Å². The molecule has 1 aromatic carbocycles. The van der Waals surface area contributed by atoms with Gasteiger partial charge >= 0.3 is 5.97 Å². The van der Waals surface area contributed by atoms with Crippen LogP contribution in [0.15, 0.2) is 18.2 Å². The van der Waals surface area contributed by atoms with Crippen molar-refractivity contribution in [2.24, 2.45) is 0 Å². The number of amides is 1. The minimum atomic E-state index is -1.75. The van der Waals surface area contributed by atoms with Gasteiger partial charge in [-0.25, -0.2) is 4.79 Å². The molecule has 1 fully saturated rings. The van der Waals surface area contributed by atoms with E-state index in [4.69, 9.17) is 14.6 Å². The minimum absolute atomic E-state index is 0.000354. The van der Waals surface area contributed by atoms with Crippen LogP contribution >= 0.6 is 0 Å². The van der Waals surface area contributed by atoms with Crippen molar-refractivity contribution in [3.63, 3.8) is 0 Å². The molecule has 1 aliphatic heterocycles. The van der Waals surface area contributed by atoms with Gasteiger partial charge in [0.1, 0.15) is 0 Å². The first kappa shape index (κ1) is 16.1. The third-order valence-electron chi connectivity index (χ3n) is 3.91. The van der Waals surface area contributed by atoms with Gasteiger partial charge in [0, 0.05) is 25.9 Å². The fraction of sp³-hybridized carbons (Fsp3) is 0.467. The highest BCUT2D eigenvalue weighted by Crippen LogP contribution is 2.32. The van der Waals surface area contributed by atoms with E-state index < -0.39 is 11.6 Å². The summed E-state index contributed by atoms with van der Waals surface area (Å²) in [4.78, 5) is 25.1. The number of carbonyl (C=O) groups is 2. The summed E-state index contributed by atoms with van der Waals surface area (Å²) in [6.45, 7) is 0.337. The summed E-state index contributed by atoms with van der Waals surface area (Å²) in [6, 6.07) is 5.00. The number of aliphatic hydroxyl groups is 1. The molecule has 0 saturated carbocycles. The van der Waals surface area contributed by atoms with Crippen molar-refractivity contribution in [3.8, 4) is 11.5 Å². The number of benzene rings is 1. The number of hydrogen-bond acceptors (Lipinski definition) is 5. The van der Waals surface area contributed by atoms with Gasteiger partial charge in [0.15, 0.2) is 17.1 Å². The molecule has 0 aromatic heterocycles. The normalized spacial score (nSPS) is 17.0. The zero-order valence-corrected chi connectivity index (χ0v) is 12.5. The number of nitrogens with zero attached hydrogens (tertiary/aromatic N) is 1. The zero-order valence-electron chi connectivity index (χ0n) is 12.5. The van der Waals surface area contributed by atoms with Gasteiger partial charge in [-0.3, -0.25) is 4.79 Å². The van der Waals surface area contributed by atoms with E-state index in [1.165, 1.54) is 19.1 Å². The maximum absolute atomic E-state index is 12.6. The SMILES string of the molecule is COc1cccc(C(=O)N2CCC(O)(C(=O)O)CC2)c1OC. The standard InChI is InChI=1S/C15H19NO6/c1-21-11-5-3-4-10(12(11)22-2)13(17)16-8-6-15(20,7-9-16)14(18)19/h3-5,20H,6-9H2,1-2H3,(H,18,19). The van der Waals surface area contributed by atoms with E-state index in [-0.39, 0.29) is 31.8 Å². The van der Waals surface area contributed by atoms with Crippen LogP contribution in [0.5, 0.6) is 11.5 Å².